The lowest BCUT2D eigenvalue weighted by atomic mass is 10.0. The van der Waals surface area contributed by atoms with Gasteiger partial charge in [0.25, 0.3) is 5.91 Å². The fourth-order valence-electron chi connectivity index (χ4n) is 5.64. The third-order valence-corrected chi connectivity index (χ3v) is 11.8. The van der Waals surface area contributed by atoms with E-state index in [0.717, 1.165) is 83.9 Å². The van der Waals surface area contributed by atoms with E-state index in [9.17, 15) is 13.2 Å². The van der Waals surface area contributed by atoms with E-state index in [1.54, 1.807) is 51.2 Å². The molecule has 0 bridgehead atoms. The molecular formula is C30H34N4O3S3. The number of para-hydroxylation sites is 1. The molecule has 0 radical (unpaired) electrons. The fraction of sp³-hybridized carbons (Fsp3) is 0.400. The normalized spacial score (nSPS) is 17.0. The number of amides is 1. The Morgan fingerprint density at radius 2 is 1.73 bits per heavy atom. The van der Waals surface area contributed by atoms with E-state index in [1.807, 2.05) is 18.2 Å². The highest BCUT2D eigenvalue weighted by Gasteiger charge is 2.28. The Balaban J connectivity index is 1.29. The molecule has 0 unspecified atom stereocenters. The number of carbonyl (C=O) groups excluding carboxylic acids is 1. The van der Waals surface area contributed by atoms with Crippen molar-refractivity contribution in [2.24, 2.45) is 0 Å². The van der Waals surface area contributed by atoms with Crippen molar-refractivity contribution >= 4 is 53.8 Å². The molecule has 6 rings (SSSR count). The second-order valence-corrected chi connectivity index (χ2v) is 14.6. The minimum absolute atomic E-state index is 0.240. The number of thiophene rings is 1. The summed E-state index contributed by atoms with van der Waals surface area (Å²) < 4.78 is 29.1. The zero-order valence-corrected chi connectivity index (χ0v) is 25.1. The van der Waals surface area contributed by atoms with Gasteiger partial charge in [0.1, 0.15) is 10.0 Å². The molecular weight excluding hydrogens is 561 g/mol. The summed E-state index contributed by atoms with van der Waals surface area (Å²) in [5.74, 6) is -0.245. The van der Waals surface area contributed by atoms with Crippen LogP contribution in [0.4, 0.5) is 5.00 Å². The first-order valence-corrected chi connectivity index (χ1v) is 17.2. The first-order chi connectivity index (χ1) is 19.4. The summed E-state index contributed by atoms with van der Waals surface area (Å²) in [5.41, 5.74) is 3.71. The molecule has 10 heteroatoms. The van der Waals surface area contributed by atoms with Gasteiger partial charge in [-0.1, -0.05) is 31.9 Å². The number of anilines is 1. The molecule has 1 N–H and O–H groups in total. The van der Waals surface area contributed by atoms with Crippen LogP contribution in [0.2, 0.25) is 0 Å². The van der Waals surface area contributed by atoms with Crippen LogP contribution in [-0.4, -0.2) is 54.7 Å². The third kappa shape index (κ3) is 5.47. The maximum atomic E-state index is 13.5. The summed E-state index contributed by atoms with van der Waals surface area (Å²) in [7, 11) is -3.56. The van der Waals surface area contributed by atoms with E-state index in [-0.39, 0.29) is 10.8 Å². The first-order valence-electron chi connectivity index (χ1n) is 14.1. The van der Waals surface area contributed by atoms with Crippen LogP contribution in [0.5, 0.6) is 0 Å². The molecule has 2 aliphatic rings. The quantitative estimate of drug-likeness (QED) is 0.260. The van der Waals surface area contributed by atoms with Crippen LogP contribution < -0.4 is 5.32 Å². The van der Waals surface area contributed by atoms with Gasteiger partial charge in [-0.05, 0) is 74.2 Å². The van der Waals surface area contributed by atoms with Crippen molar-refractivity contribution in [1.82, 2.24) is 14.2 Å². The van der Waals surface area contributed by atoms with Crippen LogP contribution in [0.15, 0.2) is 53.4 Å². The number of carbonyl (C=O) groups is 1. The van der Waals surface area contributed by atoms with Crippen molar-refractivity contribution in [2.75, 3.05) is 31.5 Å². The molecule has 210 valence electrons. The lowest BCUT2D eigenvalue weighted by Gasteiger charge is -2.26. The third-order valence-electron chi connectivity index (χ3n) is 7.73. The summed E-state index contributed by atoms with van der Waals surface area (Å²) in [6.45, 7) is 6.24. The Hall–Kier alpha value is -2.63. The van der Waals surface area contributed by atoms with Gasteiger partial charge < -0.3 is 5.32 Å². The summed E-state index contributed by atoms with van der Waals surface area (Å²) in [4.78, 5) is 22.4. The zero-order valence-electron chi connectivity index (χ0n) is 22.7. The largest absolute Gasteiger partial charge is 0.313 e. The number of hydrogen-bond acceptors (Lipinski definition) is 7. The van der Waals surface area contributed by atoms with Crippen molar-refractivity contribution in [3.63, 3.8) is 0 Å². The highest BCUT2D eigenvalue weighted by Crippen LogP contribution is 2.45. The number of benzene rings is 2. The van der Waals surface area contributed by atoms with Gasteiger partial charge >= 0.3 is 0 Å². The van der Waals surface area contributed by atoms with Crippen LogP contribution >= 0.6 is 22.7 Å². The molecule has 0 spiro atoms. The standard InChI is InChI=1S/C30H34N4O3S3/c1-2-16-33-19-15-23-26(20-33)39-30(27(23)29-31-24-9-5-6-10-25(24)38-29)32-28(35)21-11-13-22(14-12-21)40(36,37)34-17-7-3-4-8-18-34/h5-6,9-14H,2-4,7-8,15-20H2,1H3,(H,32,35). The highest BCUT2D eigenvalue weighted by molar-refractivity contribution is 7.89. The minimum Gasteiger partial charge on any atom is -0.313 e. The second-order valence-electron chi connectivity index (χ2n) is 10.5. The molecule has 7 nitrogen and oxygen atoms in total. The number of rotatable bonds is 7. The van der Waals surface area contributed by atoms with Crippen LogP contribution in [0.3, 0.4) is 0 Å². The molecule has 2 aromatic heterocycles. The first kappa shape index (κ1) is 27.5. The van der Waals surface area contributed by atoms with Gasteiger partial charge in [0, 0.05) is 42.2 Å². The summed E-state index contributed by atoms with van der Waals surface area (Å²) >= 11 is 3.29. The van der Waals surface area contributed by atoms with E-state index in [1.165, 1.54) is 10.4 Å². The maximum Gasteiger partial charge on any atom is 0.256 e. The molecule has 0 saturated carbocycles. The van der Waals surface area contributed by atoms with Gasteiger partial charge in [-0.2, -0.15) is 4.31 Å². The van der Waals surface area contributed by atoms with Crippen LogP contribution in [0.1, 0.15) is 59.8 Å². The van der Waals surface area contributed by atoms with E-state index >= 15 is 0 Å². The summed E-state index contributed by atoms with van der Waals surface area (Å²) in [6, 6.07) is 14.5. The van der Waals surface area contributed by atoms with Gasteiger partial charge in [0.05, 0.1) is 15.1 Å². The number of fused-ring (bicyclic) bond motifs is 2. The molecule has 0 aliphatic carbocycles. The number of sulfonamides is 1. The lowest BCUT2D eigenvalue weighted by Crippen LogP contribution is -2.31. The van der Waals surface area contributed by atoms with Gasteiger partial charge in [-0.15, -0.1) is 22.7 Å². The van der Waals surface area contributed by atoms with Crippen LogP contribution in [0.25, 0.3) is 20.8 Å². The van der Waals surface area contributed by atoms with E-state index in [4.69, 9.17) is 4.98 Å². The average Bonchev–Trinajstić information content (AvgIpc) is 3.41. The number of hydrogen-bond donors (Lipinski definition) is 1. The Labute approximate surface area is 243 Å². The Kier molecular flexibility index (Phi) is 8.05. The lowest BCUT2D eigenvalue weighted by molar-refractivity contribution is 0.102. The summed E-state index contributed by atoms with van der Waals surface area (Å²) in [5, 5.41) is 4.91. The van der Waals surface area contributed by atoms with E-state index in [2.05, 4.69) is 23.2 Å². The van der Waals surface area contributed by atoms with E-state index < -0.39 is 10.0 Å². The molecule has 4 heterocycles. The number of nitrogens with one attached hydrogen (secondary N) is 1. The van der Waals surface area contributed by atoms with Gasteiger partial charge in [-0.25, -0.2) is 13.4 Å². The monoisotopic (exact) mass is 594 g/mol. The predicted octanol–water partition coefficient (Wildman–Crippen LogP) is 6.61. The Morgan fingerprint density at radius 1 is 0.975 bits per heavy atom. The van der Waals surface area contributed by atoms with Crippen LogP contribution in [-0.2, 0) is 23.0 Å². The van der Waals surface area contributed by atoms with Gasteiger partial charge in [-0.3, -0.25) is 9.69 Å². The Morgan fingerprint density at radius 3 is 2.45 bits per heavy atom. The topological polar surface area (TPSA) is 82.6 Å². The molecule has 2 aliphatic heterocycles. The maximum absolute atomic E-state index is 13.5. The fourth-order valence-corrected chi connectivity index (χ4v) is 9.55. The van der Waals surface area contributed by atoms with Crippen molar-refractivity contribution in [1.29, 1.82) is 0 Å². The molecule has 40 heavy (non-hydrogen) atoms. The van der Waals surface area contributed by atoms with Crippen LogP contribution in [0, 0.1) is 0 Å². The summed E-state index contributed by atoms with van der Waals surface area (Å²) in [6.07, 6.45) is 5.93. The van der Waals surface area contributed by atoms with Crippen molar-refractivity contribution < 1.29 is 13.2 Å². The second kappa shape index (κ2) is 11.7. The SMILES string of the molecule is CCCN1CCc2c(sc(NC(=O)c3ccc(S(=O)(=O)N4CCCCCC4)cc3)c2-c2nc3ccccc3s2)C1. The molecule has 2 aromatic carbocycles. The average molecular weight is 595 g/mol. The number of aromatic nitrogens is 1. The molecule has 4 aromatic rings. The predicted molar refractivity (Wildman–Crippen MR) is 164 cm³/mol. The van der Waals surface area contributed by atoms with E-state index in [0.29, 0.717) is 18.7 Å². The number of thiazole rings is 1. The van der Waals surface area contributed by atoms with Crippen molar-refractivity contribution in [2.45, 2.75) is 56.9 Å². The number of nitrogens with zero attached hydrogens (tertiary/aromatic N) is 3. The molecule has 1 amide bonds. The molecule has 1 saturated heterocycles. The Bertz CT molecular complexity index is 1580. The van der Waals surface area contributed by atoms with Crippen molar-refractivity contribution in [3.05, 3.63) is 64.5 Å². The zero-order chi connectivity index (χ0) is 27.7. The van der Waals surface area contributed by atoms with Crippen molar-refractivity contribution in [3.8, 4) is 10.6 Å². The minimum atomic E-state index is -3.56. The molecule has 0 atom stereocenters. The van der Waals surface area contributed by atoms with Gasteiger partial charge in [0.15, 0.2) is 0 Å². The van der Waals surface area contributed by atoms with Gasteiger partial charge in [0.2, 0.25) is 10.0 Å². The molecule has 1 fully saturated rings. The smallest absolute Gasteiger partial charge is 0.256 e. The highest BCUT2D eigenvalue weighted by atomic mass is 32.2.